The molecule has 1 atom stereocenters. The predicted octanol–water partition coefficient (Wildman–Crippen LogP) is 1.12. The Balaban J connectivity index is 2.59. The molecule has 0 aliphatic heterocycles. The first-order valence-corrected chi connectivity index (χ1v) is 5.69. The molecule has 0 heterocycles. The van der Waals surface area contributed by atoms with Crippen LogP contribution in [0.1, 0.15) is 13.3 Å². The van der Waals surface area contributed by atoms with E-state index >= 15 is 0 Å². The minimum Gasteiger partial charge on any atom is -0.380 e. The van der Waals surface area contributed by atoms with Crippen LogP contribution < -0.4 is 9.50 Å². The van der Waals surface area contributed by atoms with Crippen LogP contribution in [0.15, 0.2) is 24.3 Å². The number of rotatable bonds is 5. The Kier molecular flexibility index (Phi) is 4.80. The second-order valence-corrected chi connectivity index (χ2v) is 3.85. The fourth-order valence-electron chi connectivity index (χ4n) is 1.11. The van der Waals surface area contributed by atoms with Crippen LogP contribution in [0.5, 0.6) is 5.75 Å². The quantitative estimate of drug-likeness (QED) is 0.609. The van der Waals surface area contributed by atoms with Crippen molar-refractivity contribution in [1.29, 1.82) is 0 Å². The van der Waals surface area contributed by atoms with Gasteiger partial charge in [0.05, 0.1) is 6.42 Å². The van der Waals surface area contributed by atoms with Crippen molar-refractivity contribution in [3.8, 4) is 5.75 Å². The Labute approximate surface area is 100 Å². The zero-order valence-electron chi connectivity index (χ0n) is 9.00. The van der Waals surface area contributed by atoms with E-state index in [2.05, 4.69) is 9.50 Å². The highest BCUT2D eigenvalue weighted by Gasteiger charge is 2.05. The molecule has 0 aliphatic rings. The molecule has 17 heavy (non-hydrogen) atoms. The average Bonchev–Trinajstić information content (AvgIpc) is 2.18. The van der Waals surface area contributed by atoms with Crippen LogP contribution in [0.25, 0.3) is 0 Å². The molecule has 1 aromatic rings. The second-order valence-electron chi connectivity index (χ2n) is 3.25. The molecular formula is C10H11NO5S. The van der Waals surface area contributed by atoms with Gasteiger partial charge in [0, 0.05) is 5.69 Å². The van der Waals surface area contributed by atoms with E-state index in [9.17, 15) is 13.8 Å². The number of anilines is 1. The minimum atomic E-state index is -2.37. The summed E-state index contributed by atoms with van der Waals surface area (Å²) in [6.45, 7) is 1.33. The van der Waals surface area contributed by atoms with E-state index in [0.29, 0.717) is 5.69 Å². The smallest absolute Gasteiger partial charge is 0.357 e. The van der Waals surface area contributed by atoms with Gasteiger partial charge in [-0.1, -0.05) is 0 Å². The van der Waals surface area contributed by atoms with Gasteiger partial charge in [0.25, 0.3) is 0 Å². The van der Waals surface area contributed by atoms with Gasteiger partial charge in [-0.2, -0.15) is 4.21 Å². The Bertz CT molecular complexity index is 443. The summed E-state index contributed by atoms with van der Waals surface area (Å²) in [5.74, 6) is -0.426. The lowest BCUT2D eigenvalue weighted by atomic mass is 10.2. The lowest BCUT2D eigenvalue weighted by Crippen LogP contribution is -2.14. The summed E-state index contributed by atoms with van der Waals surface area (Å²) in [5.41, 5.74) is 0.479. The molecule has 6 nitrogen and oxygen atoms in total. The van der Waals surface area contributed by atoms with Crippen LogP contribution in [-0.2, 0) is 21.0 Å². The van der Waals surface area contributed by atoms with Crippen molar-refractivity contribution in [3.63, 3.8) is 0 Å². The Morgan fingerprint density at radius 2 is 1.94 bits per heavy atom. The summed E-state index contributed by atoms with van der Waals surface area (Å²) in [5, 5.41) is 2.50. The minimum absolute atomic E-state index is 0.182. The Morgan fingerprint density at radius 1 is 1.35 bits per heavy atom. The number of Topliss-reactive ketones (excluding diaryl/α,β-unsaturated/α-hetero) is 1. The number of carbonyl (C=O) groups excluding carboxylic acids is 2. The number of ketones is 1. The lowest BCUT2D eigenvalue weighted by Gasteiger charge is -2.04. The van der Waals surface area contributed by atoms with Crippen LogP contribution in [-0.4, -0.2) is 20.5 Å². The van der Waals surface area contributed by atoms with Gasteiger partial charge in [0.2, 0.25) is 5.91 Å². The third kappa shape index (κ3) is 5.23. The van der Waals surface area contributed by atoms with E-state index in [1.54, 1.807) is 0 Å². The second kappa shape index (κ2) is 6.12. The molecule has 0 saturated carbocycles. The van der Waals surface area contributed by atoms with E-state index in [4.69, 9.17) is 4.55 Å². The average molecular weight is 257 g/mol. The monoisotopic (exact) mass is 257 g/mol. The first-order valence-electron chi connectivity index (χ1n) is 4.66. The van der Waals surface area contributed by atoms with Gasteiger partial charge in [-0.3, -0.25) is 14.1 Å². The van der Waals surface area contributed by atoms with E-state index in [0.717, 1.165) is 0 Å². The summed E-state index contributed by atoms with van der Waals surface area (Å²) >= 11 is -2.37. The topological polar surface area (TPSA) is 92.7 Å². The van der Waals surface area contributed by atoms with Crippen molar-refractivity contribution in [3.05, 3.63) is 24.3 Å². The molecule has 1 unspecified atom stereocenters. The normalized spacial score (nSPS) is 11.6. The third-order valence-corrected chi connectivity index (χ3v) is 2.05. The van der Waals surface area contributed by atoms with Crippen LogP contribution in [0.4, 0.5) is 5.69 Å². The molecule has 7 heteroatoms. The first kappa shape index (κ1) is 13.3. The molecule has 0 fully saturated rings. The zero-order chi connectivity index (χ0) is 12.8. The molecule has 0 aliphatic carbocycles. The van der Waals surface area contributed by atoms with Crippen molar-refractivity contribution in [2.24, 2.45) is 0 Å². The van der Waals surface area contributed by atoms with Gasteiger partial charge < -0.3 is 9.50 Å². The van der Waals surface area contributed by atoms with Crippen molar-refractivity contribution in [2.75, 3.05) is 5.32 Å². The summed E-state index contributed by atoms with van der Waals surface area (Å²) in [6, 6.07) is 5.86. The molecule has 0 spiro atoms. The molecule has 1 aromatic carbocycles. The van der Waals surface area contributed by atoms with Crippen LogP contribution >= 0.6 is 0 Å². The zero-order valence-corrected chi connectivity index (χ0v) is 9.82. The Hall–Kier alpha value is -1.73. The van der Waals surface area contributed by atoms with Gasteiger partial charge in [-0.05, 0) is 31.2 Å². The number of carbonyl (C=O) groups is 2. The number of amides is 1. The molecular weight excluding hydrogens is 246 g/mol. The Morgan fingerprint density at radius 3 is 2.41 bits per heavy atom. The lowest BCUT2D eigenvalue weighted by molar-refractivity contribution is -0.124. The largest absolute Gasteiger partial charge is 0.380 e. The highest BCUT2D eigenvalue weighted by Crippen LogP contribution is 2.16. The standard InChI is InChI=1S/C10H11NO5S/c1-7(12)6-10(13)11-8-2-4-9(5-3-8)16-17(14)15/h2-5H,6H2,1H3,(H,11,13)(H,14,15). The van der Waals surface area contributed by atoms with E-state index < -0.39 is 17.3 Å². The van der Waals surface area contributed by atoms with Crippen molar-refractivity contribution >= 4 is 28.7 Å². The number of hydrogen-bond donors (Lipinski definition) is 2. The van der Waals surface area contributed by atoms with Gasteiger partial charge in [-0.25, -0.2) is 0 Å². The van der Waals surface area contributed by atoms with E-state index in [-0.39, 0.29) is 18.0 Å². The summed E-state index contributed by atoms with van der Waals surface area (Å²) in [4.78, 5) is 21.9. The van der Waals surface area contributed by atoms with Crippen molar-refractivity contribution in [1.82, 2.24) is 0 Å². The fraction of sp³-hybridized carbons (Fsp3) is 0.200. The predicted molar refractivity (Wildman–Crippen MR) is 61.8 cm³/mol. The first-order chi connectivity index (χ1) is 7.97. The maximum atomic E-state index is 11.2. The van der Waals surface area contributed by atoms with Crippen molar-refractivity contribution < 1.29 is 22.5 Å². The molecule has 2 N–H and O–H groups in total. The molecule has 1 amide bonds. The van der Waals surface area contributed by atoms with Crippen LogP contribution in [0.2, 0.25) is 0 Å². The van der Waals surface area contributed by atoms with Gasteiger partial charge in [0.15, 0.2) is 0 Å². The van der Waals surface area contributed by atoms with Gasteiger partial charge >= 0.3 is 11.4 Å². The summed E-state index contributed by atoms with van der Waals surface area (Å²) in [6.07, 6.45) is -0.182. The highest BCUT2D eigenvalue weighted by atomic mass is 32.2. The van der Waals surface area contributed by atoms with Crippen LogP contribution in [0, 0.1) is 0 Å². The van der Waals surface area contributed by atoms with E-state index in [1.165, 1.54) is 31.2 Å². The van der Waals surface area contributed by atoms with Crippen LogP contribution in [0.3, 0.4) is 0 Å². The van der Waals surface area contributed by atoms with Gasteiger partial charge in [-0.15, -0.1) is 0 Å². The SMILES string of the molecule is CC(=O)CC(=O)Nc1ccc(OS(=O)O)cc1. The molecule has 0 saturated heterocycles. The molecule has 1 rings (SSSR count). The summed E-state index contributed by atoms with van der Waals surface area (Å²) < 4.78 is 23.3. The van der Waals surface area contributed by atoms with Gasteiger partial charge in [0.1, 0.15) is 11.5 Å². The molecule has 92 valence electrons. The molecule has 0 bridgehead atoms. The maximum absolute atomic E-state index is 11.2. The third-order valence-electron chi connectivity index (χ3n) is 1.72. The molecule has 0 aromatic heterocycles. The molecule has 0 radical (unpaired) electrons. The summed E-state index contributed by atoms with van der Waals surface area (Å²) in [7, 11) is 0. The number of hydrogen-bond acceptors (Lipinski definition) is 4. The highest BCUT2D eigenvalue weighted by molar-refractivity contribution is 7.74. The number of nitrogens with one attached hydrogen (secondary N) is 1. The maximum Gasteiger partial charge on any atom is 0.357 e. The van der Waals surface area contributed by atoms with E-state index in [1.807, 2.05) is 0 Å². The van der Waals surface area contributed by atoms with Crippen molar-refractivity contribution in [2.45, 2.75) is 13.3 Å². The number of benzene rings is 1. The fourth-order valence-corrected chi connectivity index (χ4v) is 1.38.